The molecular formula is C19H31NO. The highest BCUT2D eigenvalue weighted by atomic mass is 16.5. The summed E-state index contributed by atoms with van der Waals surface area (Å²) in [6.45, 7) is 8.43. The van der Waals surface area contributed by atoms with Gasteiger partial charge in [0.05, 0.1) is 12.1 Å². The molecule has 1 fully saturated rings. The molecule has 1 saturated carbocycles. The summed E-state index contributed by atoms with van der Waals surface area (Å²) in [7, 11) is 0. The van der Waals surface area contributed by atoms with Gasteiger partial charge in [0.15, 0.2) is 0 Å². The molecule has 2 nitrogen and oxygen atoms in total. The van der Waals surface area contributed by atoms with Gasteiger partial charge in [-0.25, -0.2) is 0 Å². The topological polar surface area (TPSA) is 21.3 Å². The molecule has 0 amide bonds. The van der Waals surface area contributed by atoms with Crippen LogP contribution in [0.1, 0.15) is 63.6 Å². The Morgan fingerprint density at radius 1 is 1.19 bits per heavy atom. The van der Waals surface area contributed by atoms with E-state index >= 15 is 0 Å². The van der Waals surface area contributed by atoms with Crippen LogP contribution in [0.2, 0.25) is 0 Å². The summed E-state index contributed by atoms with van der Waals surface area (Å²) >= 11 is 0. The van der Waals surface area contributed by atoms with Crippen LogP contribution in [0.5, 0.6) is 0 Å². The van der Waals surface area contributed by atoms with Crippen molar-refractivity contribution >= 4 is 0 Å². The zero-order chi connectivity index (χ0) is 15.1. The molecule has 2 heteroatoms. The molecule has 21 heavy (non-hydrogen) atoms. The van der Waals surface area contributed by atoms with Crippen molar-refractivity contribution in [1.82, 2.24) is 5.32 Å². The van der Waals surface area contributed by atoms with Crippen molar-refractivity contribution in [3.8, 4) is 0 Å². The molecule has 0 aliphatic heterocycles. The van der Waals surface area contributed by atoms with E-state index in [4.69, 9.17) is 4.74 Å². The maximum atomic E-state index is 6.11. The highest BCUT2D eigenvalue weighted by Crippen LogP contribution is 2.29. The summed E-state index contributed by atoms with van der Waals surface area (Å²) < 4.78 is 6.11. The third-order valence-corrected chi connectivity index (χ3v) is 4.77. The van der Waals surface area contributed by atoms with Crippen LogP contribution < -0.4 is 5.32 Å². The van der Waals surface area contributed by atoms with Crippen molar-refractivity contribution in [1.29, 1.82) is 0 Å². The molecule has 1 aliphatic rings. The van der Waals surface area contributed by atoms with Gasteiger partial charge in [0, 0.05) is 6.61 Å². The van der Waals surface area contributed by atoms with Crippen molar-refractivity contribution in [3.05, 3.63) is 35.4 Å². The van der Waals surface area contributed by atoms with E-state index in [1.807, 2.05) is 0 Å². The molecule has 0 spiro atoms. The van der Waals surface area contributed by atoms with Crippen LogP contribution in [-0.4, -0.2) is 19.3 Å². The molecule has 0 saturated heterocycles. The molecule has 1 N–H and O–H groups in total. The normalized spacial score (nSPS) is 18.2. The summed E-state index contributed by atoms with van der Waals surface area (Å²) in [5, 5.41) is 3.58. The van der Waals surface area contributed by atoms with Gasteiger partial charge in [0.25, 0.3) is 0 Å². The number of aryl methyl sites for hydroxylation is 1. The van der Waals surface area contributed by atoms with Gasteiger partial charge in [-0.3, -0.25) is 0 Å². The van der Waals surface area contributed by atoms with Gasteiger partial charge < -0.3 is 10.1 Å². The minimum atomic E-state index is 0.220. The van der Waals surface area contributed by atoms with Gasteiger partial charge in [-0.1, -0.05) is 57.4 Å². The van der Waals surface area contributed by atoms with Crippen molar-refractivity contribution in [3.63, 3.8) is 0 Å². The van der Waals surface area contributed by atoms with Gasteiger partial charge in [-0.2, -0.15) is 0 Å². The number of hydrogen-bond acceptors (Lipinski definition) is 2. The molecule has 1 aliphatic carbocycles. The van der Waals surface area contributed by atoms with E-state index in [1.165, 1.54) is 36.8 Å². The fraction of sp³-hybridized carbons (Fsp3) is 0.684. The Hall–Kier alpha value is -0.860. The molecule has 1 aromatic rings. The molecule has 0 radical (unpaired) electrons. The first kappa shape index (κ1) is 16.5. The molecule has 2 unspecified atom stereocenters. The smallest absolute Gasteiger partial charge is 0.0741 e. The largest absolute Gasteiger partial charge is 0.377 e. The van der Waals surface area contributed by atoms with Crippen LogP contribution in [0.25, 0.3) is 0 Å². The first-order chi connectivity index (χ1) is 10.2. The maximum Gasteiger partial charge on any atom is 0.0741 e. The quantitative estimate of drug-likeness (QED) is 0.723. The number of benzene rings is 1. The van der Waals surface area contributed by atoms with Crippen molar-refractivity contribution in [2.75, 3.05) is 13.2 Å². The predicted octanol–water partition coefficient (Wildman–Crippen LogP) is 4.49. The Morgan fingerprint density at radius 3 is 2.43 bits per heavy atom. The lowest BCUT2D eigenvalue weighted by atomic mass is 9.83. The number of ether oxygens (including phenoxy) is 1. The second-order valence-corrected chi connectivity index (χ2v) is 6.29. The molecule has 118 valence electrons. The molecular weight excluding hydrogens is 258 g/mol. The van der Waals surface area contributed by atoms with E-state index in [-0.39, 0.29) is 6.10 Å². The Morgan fingerprint density at radius 2 is 1.90 bits per heavy atom. The summed E-state index contributed by atoms with van der Waals surface area (Å²) in [5.41, 5.74) is 2.73. The minimum absolute atomic E-state index is 0.220. The van der Waals surface area contributed by atoms with Gasteiger partial charge >= 0.3 is 0 Å². The number of hydrogen-bond donors (Lipinski definition) is 1. The fourth-order valence-corrected chi connectivity index (χ4v) is 3.03. The van der Waals surface area contributed by atoms with Gasteiger partial charge in [0.1, 0.15) is 0 Å². The lowest BCUT2D eigenvalue weighted by molar-refractivity contribution is 0.0255. The summed E-state index contributed by atoms with van der Waals surface area (Å²) in [6, 6.07) is 9.26. The van der Waals surface area contributed by atoms with E-state index < -0.39 is 0 Å². The van der Waals surface area contributed by atoms with Crippen molar-refractivity contribution < 1.29 is 4.74 Å². The Labute approximate surface area is 130 Å². The molecule has 1 aromatic carbocycles. The highest BCUT2D eigenvalue weighted by Gasteiger charge is 2.21. The van der Waals surface area contributed by atoms with Crippen molar-refractivity contribution in [2.45, 2.75) is 65.0 Å². The maximum absolute atomic E-state index is 6.11. The molecule has 2 atom stereocenters. The predicted molar refractivity (Wildman–Crippen MR) is 89.6 cm³/mol. The third-order valence-electron chi connectivity index (χ3n) is 4.77. The zero-order valence-corrected chi connectivity index (χ0v) is 13.9. The first-order valence-corrected chi connectivity index (χ1v) is 8.68. The van der Waals surface area contributed by atoms with E-state index in [2.05, 4.69) is 50.4 Å². The molecule has 0 heterocycles. The summed E-state index contributed by atoms with van der Waals surface area (Å²) in [5.74, 6) is 0.929. The number of likely N-dealkylation sites (N-methyl/N-ethyl adjacent to an activating group) is 1. The van der Waals surface area contributed by atoms with Crippen LogP contribution in [0.4, 0.5) is 0 Å². The monoisotopic (exact) mass is 289 g/mol. The van der Waals surface area contributed by atoms with Crippen LogP contribution in [-0.2, 0) is 11.2 Å². The molecule has 0 aromatic heterocycles. The summed E-state index contributed by atoms with van der Waals surface area (Å²) in [6.07, 6.45) is 6.79. The third kappa shape index (κ3) is 4.82. The van der Waals surface area contributed by atoms with E-state index in [0.29, 0.717) is 6.04 Å². The fourth-order valence-electron chi connectivity index (χ4n) is 3.03. The highest BCUT2D eigenvalue weighted by molar-refractivity contribution is 5.25. The van der Waals surface area contributed by atoms with Crippen LogP contribution in [0, 0.1) is 5.92 Å². The SMILES string of the molecule is CCNC(c1ccc(CC)cc1)C(C)OCCC1CCC1. The van der Waals surface area contributed by atoms with Gasteiger partial charge in [-0.15, -0.1) is 0 Å². The number of nitrogens with one attached hydrogen (secondary N) is 1. The Kier molecular flexibility index (Phi) is 6.72. The van der Waals surface area contributed by atoms with Gasteiger partial charge in [0.2, 0.25) is 0 Å². The summed E-state index contributed by atoms with van der Waals surface area (Å²) in [4.78, 5) is 0. The van der Waals surface area contributed by atoms with Gasteiger partial charge in [-0.05, 0) is 43.4 Å². The minimum Gasteiger partial charge on any atom is -0.377 e. The lowest BCUT2D eigenvalue weighted by Crippen LogP contribution is -2.32. The van der Waals surface area contributed by atoms with Crippen LogP contribution >= 0.6 is 0 Å². The zero-order valence-electron chi connectivity index (χ0n) is 13.9. The van der Waals surface area contributed by atoms with Crippen molar-refractivity contribution in [2.24, 2.45) is 5.92 Å². The first-order valence-electron chi connectivity index (χ1n) is 8.68. The van der Waals surface area contributed by atoms with Crippen LogP contribution in [0.3, 0.4) is 0 Å². The van der Waals surface area contributed by atoms with E-state index in [1.54, 1.807) is 0 Å². The Balaban J connectivity index is 1.88. The standard InChI is InChI=1S/C19H31NO/c1-4-16-9-11-18(12-10-16)19(20-5-2)15(3)21-14-13-17-7-6-8-17/h9-12,15,17,19-20H,4-8,13-14H2,1-3H3. The average molecular weight is 289 g/mol. The molecule has 0 bridgehead atoms. The lowest BCUT2D eigenvalue weighted by Gasteiger charge is -2.28. The van der Waals surface area contributed by atoms with Crippen LogP contribution in [0.15, 0.2) is 24.3 Å². The van der Waals surface area contributed by atoms with E-state index in [9.17, 15) is 0 Å². The second-order valence-electron chi connectivity index (χ2n) is 6.29. The Bertz CT molecular complexity index is 397. The number of rotatable bonds is 9. The average Bonchev–Trinajstić information content (AvgIpc) is 2.47. The molecule has 2 rings (SSSR count). The van der Waals surface area contributed by atoms with E-state index in [0.717, 1.165) is 25.5 Å². The second kappa shape index (κ2) is 8.55.